The first-order chi connectivity index (χ1) is 6.63. The highest BCUT2D eigenvalue weighted by Crippen LogP contribution is 2.40. The van der Waals surface area contributed by atoms with Crippen LogP contribution in [0.4, 0.5) is 0 Å². The fraction of sp³-hybridized carbons (Fsp3) is 0.556. The van der Waals surface area contributed by atoms with E-state index in [1.54, 1.807) is 6.08 Å². The zero-order valence-corrected chi connectivity index (χ0v) is 9.11. The van der Waals surface area contributed by atoms with Crippen molar-refractivity contribution in [1.29, 1.82) is 0 Å². The lowest BCUT2D eigenvalue weighted by Crippen LogP contribution is -2.45. The van der Waals surface area contributed by atoms with Crippen LogP contribution < -0.4 is 0 Å². The van der Waals surface area contributed by atoms with Gasteiger partial charge in [0.2, 0.25) is 0 Å². The van der Waals surface area contributed by atoms with E-state index in [0.29, 0.717) is 6.42 Å². The zero-order chi connectivity index (χ0) is 10.3. The van der Waals surface area contributed by atoms with E-state index in [9.17, 15) is 9.59 Å². The largest absolute Gasteiger partial charge is 0.469 e. The summed E-state index contributed by atoms with van der Waals surface area (Å²) in [6.07, 6.45) is 1.94. The Bertz CT molecular complexity index is 323. The first-order valence-electron chi connectivity index (χ1n) is 4.29. The first-order valence-corrected chi connectivity index (χ1v) is 5.08. The van der Waals surface area contributed by atoms with Gasteiger partial charge in [-0.2, -0.15) is 0 Å². The zero-order valence-electron chi connectivity index (χ0n) is 7.53. The minimum absolute atomic E-state index is 0.309. The summed E-state index contributed by atoms with van der Waals surface area (Å²) < 4.78 is 10.5. The Morgan fingerprint density at radius 2 is 2.43 bits per heavy atom. The summed E-state index contributed by atoms with van der Waals surface area (Å²) in [7, 11) is 1.33. The quantitative estimate of drug-likeness (QED) is 0.661. The summed E-state index contributed by atoms with van der Waals surface area (Å²) in [5.74, 6) is -1.54. The molecule has 1 saturated heterocycles. The van der Waals surface area contributed by atoms with Gasteiger partial charge in [0.25, 0.3) is 0 Å². The number of ether oxygens (including phenoxy) is 2. The number of halogens is 1. The first kappa shape index (κ1) is 9.71. The molecule has 3 aliphatic rings. The Labute approximate surface area is 89.4 Å². The molecular formula is C9H9BrO4. The molecule has 76 valence electrons. The van der Waals surface area contributed by atoms with Crippen LogP contribution in [0.3, 0.4) is 0 Å². The average Bonchev–Trinajstić information content (AvgIpc) is 2.18. The van der Waals surface area contributed by atoms with Crippen molar-refractivity contribution in [2.45, 2.75) is 12.5 Å². The molecule has 3 rings (SSSR count). The fourth-order valence-electron chi connectivity index (χ4n) is 1.83. The average molecular weight is 261 g/mol. The molecule has 0 N–H and O–H groups in total. The highest BCUT2D eigenvalue weighted by Gasteiger charge is 2.46. The van der Waals surface area contributed by atoms with Gasteiger partial charge in [0.1, 0.15) is 6.10 Å². The maximum absolute atomic E-state index is 11.3. The van der Waals surface area contributed by atoms with Gasteiger partial charge < -0.3 is 9.47 Å². The molecule has 2 aliphatic heterocycles. The molecule has 3 atom stereocenters. The van der Waals surface area contributed by atoms with Crippen molar-refractivity contribution in [3.8, 4) is 0 Å². The van der Waals surface area contributed by atoms with Crippen molar-refractivity contribution in [3.05, 3.63) is 10.6 Å². The Hall–Kier alpha value is -0.840. The van der Waals surface area contributed by atoms with E-state index in [1.807, 2.05) is 0 Å². The van der Waals surface area contributed by atoms with E-state index < -0.39 is 5.92 Å². The molecule has 0 spiro atoms. The van der Waals surface area contributed by atoms with Gasteiger partial charge in [0.15, 0.2) is 0 Å². The molecule has 4 nitrogen and oxygen atoms in total. The predicted molar refractivity (Wildman–Crippen MR) is 50.5 cm³/mol. The van der Waals surface area contributed by atoms with Crippen LogP contribution >= 0.6 is 15.9 Å². The van der Waals surface area contributed by atoms with Crippen LogP contribution in [-0.4, -0.2) is 25.2 Å². The molecule has 0 radical (unpaired) electrons. The second-order valence-electron chi connectivity index (χ2n) is 3.37. The number of esters is 2. The van der Waals surface area contributed by atoms with Gasteiger partial charge >= 0.3 is 11.9 Å². The van der Waals surface area contributed by atoms with Crippen LogP contribution in [-0.2, 0) is 19.1 Å². The van der Waals surface area contributed by atoms with Crippen LogP contribution in [0.2, 0.25) is 0 Å². The van der Waals surface area contributed by atoms with Gasteiger partial charge in [-0.3, -0.25) is 9.59 Å². The Morgan fingerprint density at radius 1 is 1.71 bits per heavy atom. The summed E-state index contributed by atoms with van der Waals surface area (Å²) in [4.78, 5) is 22.7. The van der Waals surface area contributed by atoms with E-state index in [4.69, 9.17) is 4.74 Å². The fourth-order valence-corrected chi connectivity index (χ4v) is 2.40. The molecule has 5 heteroatoms. The summed E-state index contributed by atoms with van der Waals surface area (Å²) in [5.41, 5.74) is 0. The van der Waals surface area contributed by atoms with E-state index in [-0.39, 0.29) is 24.0 Å². The second kappa shape index (κ2) is 3.38. The molecular weight excluding hydrogens is 252 g/mol. The molecule has 2 heterocycles. The van der Waals surface area contributed by atoms with E-state index in [2.05, 4.69) is 20.7 Å². The van der Waals surface area contributed by atoms with E-state index >= 15 is 0 Å². The van der Waals surface area contributed by atoms with Crippen molar-refractivity contribution in [2.24, 2.45) is 11.8 Å². The molecule has 0 aromatic carbocycles. The van der Waals surface area contributed by atoms with Crippen molar-refractivity contribution in [3.63, 3.8) is 0 Å². The maximum Gasteiger partial charge on any atom is 0.314 e. The standard InChI is InChI=1S/C9H9BrO4/c1-13-8(11)5-3-7-6(10)2-4(5)9(12)14-7/h2,4-5,7H,3H2,1H3/t4-,5-,7-/m0/s1. The molecule has 1 aliphatic carbocycles. The molecule has 1 fully saturated rings. The highest BCUT2D eigenvalue weighted by molar-refractivity contribution is 9.11. The van der Waals surface area contributed by atoms with Crippen molar-refractivity contribution in [2.75, 3.05) is 7.11 Å². The van der Waals surface area contributed by atoms with Crippen LogP contribution in [0.1, 0.15) is 6.42 Å². The van der Waals surface area contributed by atoms with Gasteiger partial charge in [-0.15, -0.1) is 0 Å². The molecule has 2 bridgehead atoms. The number of hydrogen-bond donors (Lipinski definition) is 0. The maximum atomic E-state index is 11.3. The van der Waals surface area contributed by atoms with Crippen LogP contribution in [0.5, 0.6) is 0 Å². The molecule has 0 amide bonds. The summed E-state index contributed by atoms with van der Waals surface area (Å²) in [6.45, 7) is 0. The van der Waals surface area contributed by atoms with Crippen molar-refractivity contribution in [1.82, 2.24) is 0 Å². The van der Waals surface area contributed by atoms with Crippen LogP contribution in [0.25, 0.3) is 0 Å². The highest BCUT2D eigenvalue weighted by atomic mass is 79.9. The van der Waals surface area contributed by atoms with Gasteiger partial charge in [0, 0.05) is 10.9 Å². The topological polar surface area (TPSA) is 52.6 Å². The normalized spacial score (nSPS) is 34.9. The molecule has 14 heavy (non-hydrogen) atoms. The molecule has 0 unspecified atom stereocenters. The molecule has 0 saturated carbocycles. The predicted octanol–water partition coefficient (Wildman–Crippen LogP) is 1.000. The lowest BCUT2D eigenvalue weighted by atomic mass is 9.80. The lowest BCUT2D eigenvalue weighted by Gasteiger charge is -2.36. The number of carbonyl (C=O) groups is 2. The van der Waals surface area contributed by atoms with Crippen LogP contribution in [0.15, 0.2) is 10.6 Å². The Balaban J connectivity index is 2.27. The summed E-state index contributed by atoms with van der Waals surface area (Å²) in [6, 6.07) is 0. The smallest absolute Gasteiger partial charge is 0.314 e. The van der Waals surface area contributed by atoms with E-state index in [0.717, 1.165) is 4.48 Å². The van der Waals surface area contributed by atoms with Gasteiger partial charge in [-0.25, -0.2) is 0 Å². The third kappa shape index (κ3) is 1.35. The monoisotopic (exact) mass is 260 g/mol. The minimum Gasteiger partial charge on any atom is -0.469 e. The van der Waals surface area contributed by atoms with Crippen molar-refractivity contribution >= 4 is 27.9 Å². The number of carbonyl (C=O) groups excluding carboxylic acids is 2. The number of hydrogen-bond acceptors (Lipinski definition) is 4. The second-order valence-corrected chi connectivity index (χ2v) is 4.28. The number of methoxy groups -OCH3 is 1. The SMILES string of the molecule is COC(=O)[C@H]1C[C@@H]2OC(=O)[C@H]1C=C2Br. The number of rotatable bonds is 1. The summed E-state index contributed by atoms with van der Waals surface area (Å²) >= 11 is 3.30. The molecule has 0 aromatic heterocycles. The Kier molecular flexibility index (Phi) is 2.34. The van der Waals surface area contributed by atoms with E-state index in [1.165, 1.54) is 7.11 Å². The Morgan fingerprint density at radius 3 is 3.00 bits per heavy atom. The van der Waals surface area contributed by atoms with Crippen LogP contribution in [0, 0.1) is 11.8 Å². The third-order valence-corrected chi connectivity index (χ3v) is 3.36. The third-order valence-electron chi connectivity index (χ3n) is 2.58. The van der Waals surface area contributed by atoms with Gasteiger partial charge in [-0.1, -0.05) is 22.0 Å². The molecule has 0 aromatic rings. The van der Waals surface area contributed by atoms with Gasteiger partial charge in [0.05, 0.1) is 18.9 Å². The van der Waals surface area contributed by atoms with Gasteiger partial charge in [-0.05, 0) is 0 Å². The minimum atomic E-state index is -0.484. The number of fused-ring (bicyclic) bond motifs is 2. The summed E-state index contributed by atoms with van der Waals surface area (Å²) in [5, 5.41) is 0. The van der Waals surface area contributed by atoms with Crippen molar-refractivity contribution < 1.29 is 19.1 Å². The lowest BCUT2D eigenvalue weighted by molar-refractivity contribution is -0.170.